The van der Waals surface area contributed by atoms with Crippen molar-refractivity contribution in [2.75, 3.05) is 11.1 Å². The number of aromatic nitrogens is 3. The minimum absolute atomic E-state index is 0.0317. The van der Waals surface area contributed by atoms with E-state index >= 15 is 0 Å². The van der Waals surface area contributed by atoms with Crippen molar-refractivity contribution in [1.29, 1.82) is 0 Å². The van der Waals surface area contributed by atoms with Gasteiger partial charge in [-0.1, -0.05) is 35.9 Å². The van der Waals surface area contributed by atoms with E-state index < -0.39 is 12.1 Å². The first-order valence-corrected chi connectivity index (χ1v) is 8.72. The molecule has 8 heteroatoms. The quantitative estimate of drug-likeness (QED) is 0.603. The molecule has 28 heavy (non-hydrogen) atoms. The second-order valence-electron chi connectivity index (χ2n) is 6.11. The largest absolute Gasteiger partial charge is 0.479 e. The van der Waals surface area contributed by atoms with Gasteiger partial charge in [-0.3, -0.25) is 0 Å². The monoisotopic (exact) mass is 379 g/mol. The first-order valence-electron chi connectivity index (χ1n) is 8.72. The zero-order valence-electron chi connectivity index (χ0n) is 15.6. The summed E-state index contributed by atoms with van der Waals surface area (Å²) in [6, 6.07) is 16.8. The van der Waals surface area contributed by atoms with Crippen molar-refractivity contribution >= 4 is 23.6 Å². The van der Waals surface area contributed by atoms with Crippen LogP contribution >= 0.6 is 0 Å². The number of hydrogen-bond acceptors (Lipinski definition) is 8. The number of carbonyl (C=O) groups excluding carboxylic acids is 1. The first kappa shape index (κ1) is 19.1. The van der Waals surface area contributed by atoms with E-state index in [0.29, 0.717) is 5.75 Å². The predicted molar refractivity (Wildman–Crippen MR) is 105 cm³/mol. The number of para-hydroxylation sites is 1. The minimum Gasteiger partial charge on any atom is -0.479 e. The van der Waals surface area contributed by atoms with Crippen LogP contribution in [-0.4, -0.2) is 27.0 Å². The van der Waals surface area contributed by atoms with Gasteiger partial charge in [0.2, 0.25) is 11.9 Å². The van der Waals surface area contributed by atoms with Crippen LogP contribution in [0.5, 0.6) is 5.75 Å². The van der Waals surface area contributed by atoms with Crippen LogP contribution in [0.4, 0.5) is 17.6 Å². The van der Waals surface area contributed by atoms with Crippen molar-refractivity contribution in [2.45, 2.75) is 26.6 Å². The van der Waals surface area contributed by atoms with Gasteiger partial charge < -0.3 is 20.5 Å². The number of anilines is 3. The van der Waals surface area contributed by atoms with Gasteiger partial charge in [-0.25, -0.2) is 4.79 Å². The van der Waals surface area contributed by atoms with Crippen molar-refractivity contribution in [3.63, 3.8) is 0 Å². The second kappa shape index (κ2) is 8.81. The predicted octanol–water partition coefficient (Wildman–Crippen LogP) is 3.02. The van der Waals surface area contributed by atoms with Gasteiger partial charge in [0.15, 0.2) is 18.5 Å². The number of nitrogens with two attached hydrogens (primary N) is 1. The Balaban J connectivity index is 1.60. The van der Waals surface area contributed by atoms with Crippen molar-refractivity contribution in [1.82, 2.24) is 15.0 Å². The van der Waals surface area contributed by atoms with Gasteiger partial charge in [-0.05, 0) is 38.1 Å². The fourth-order valence-corrected chi connectivity index (χ4v) is 2.33. The molecule has 2 aromatic carbocycles. The summed E-state index contributed by atoms with van der Waals surface area (Å²) in [5.74, 6) is 0.597. The molecule has 3 aromatic rings. The molecule has 1 atom stereocenters. The van der Waals surface area contributed by atoms with Crippen LogP contribution in [0, 0.1) is 6.92 Å². The van der Waals surface area contributed by atoms with Crippen LogP contribution in [0.1, 0.15) is 18.3 Å². The Kier molecular flexibility index (Phi) is 6.01. The summed E-state index contributed by atoms with van der Waals surface area (Å²) in [5.41, 5.74) is 7.69. The molecule has 0 saturated carbocycles. The lowest BCUT2D eigenvalue weighted by Crippen LogP contribution is -2.26. The fraction of sp³-hybridized carbons (Fsp3) is 0.200. The standard InChI is InChI=1S/C20H21N5O3/c1-13-8-10-15(11-9-13)22-20-24-17(23-19(21)25-20)12-27-18(26)14(2)28-16-6-4-3-5-7-16/h3-11,14H,12H2,1-2H3,(H3,21,22,23,24,25)/t14-/m0/s1. The Hall–Kier alpha value is -3.68. The molecule has 0 unspecified atom stereocenters. The number of rotatable bonds is 7. The maximum atomic E-state index is 12.1. The number of benzene rings is 2. The summed E-state index contributed by atoms with van der Waals surface area (Å²) in [6.45, 7) is 3.47. The van der Waals surface area contributed by atoms with Gasteiger partial charge in [0.25, 0.3) is 0 Å². The highest BCUT2D eigenvalue weighted by molar-refractivity contribution is 5.74. The number of esters is 1. The molecule has 3 rings (SSSR count). The second-order valence-corrected chi connectivity index (χ2v) is 6.11. The van der Waals surface area contributed by atoms with Crippen LogP contribution in [0.15, 0.2) is 54.6 Å². The molecule has 0 spiro atoms. The molecule has 144 valence electrons. The van der Waals surface area contributed by atoms with E-state index in [1.165, 1.54) is 0 Å². The first-order chi connectivity index (χ1) is 13.5. The van der Waals surface area contributed by atoms with Crippen LogP contribution < -0.4 is 15.8 Å². The topological polar surface area (TPSA) is 112 Å². The van der Waals surface area contributed by atoms with E-state index in [1.54, 1.807) is 19.1 Å². The van der Waals surface area contributed by atoms with E-state index in [-0.39, 0.29) is 24.3 Å². The van der Waals surface area contributed by atoms with Gasteiger partial charge in [-0.15, -0.1) is 0 Å². The van der Waals surface area contributed by atoms with Crippen LogP contribution in [0.25, 0.3) is 0 Å². The number of nitrogen functional groups attached to an aromatic ring is 1. The molecular weight excluding hydrogens is 358 g/mol. The van der Waals surface area contributed by atoms with Crippen molar-refractivity contribution in [3.05, 3.63) is 66.0 Å². The molecule has 0 aliphatic heterocycles. The number of nitrogens with zero attached hydrogens (tertiary/aromatic N) is 3. The van der Waals surface area contributed by atoms with E-state index in [2.05, 4.69) is 20.3 Å². The zero-order valence-corrected chi connectivity index (χ0v) is 15.6. The Labute approximate surface area is 162 Å². The maximum absolute atomic E-state index is 12.1. The molecule has 0 fully saturated rings. The normalized spacial score (nSPS) is 11.5. The van der Waals surface area contributed by atoms with Gasteiger partial charge in [-0.2, -0.15) is 15.0 Å². The SMILES string of the molecule is Cc1ccc(Nc2nc(N)nc(COC(=O)[C@H](C)Oc3ccccc3)n2)cc1. The lowest BCUT2D eigenvalue weighted by atomic mass is 10.2. The van der Waals surface area contributed by atoms with Gasteiger partial charge in [0.05, 0.1) is 0 Å². The summed E-state index contributed by atoms with van der Waals surface area (Å²) in [7, 11) is 0. The zero-order chi connectivity index (χ0) is 19.9. The maximum Gasteiger partial charge on any atom is 0.347 e. The molecule has 1 heterocycles. The molecule has 0 amide bonds. The minimum atomic E-state index is -0.772. The highest BCUT2D eigenvalue weighted by Gasteiger charge is 2.17. The average Bonchev–Trinajstić information content (AvgIpc) is 2.68. The fourth-order valence-electron chi connectivity index (χ4n) is 2.33. The third kappa shape index (κ3) is 5.41. The van der Waals surface area contributed by atoms with E-state index in [4.69, 9.17) is 15.2 Å². The van der Waals surface area contributed by atoms with Gasteiger partial charge >= 0.3 is 5.97 Å². The van der Waals surface area contributed by atoms with Gasteiger partial charge in [0, 0.05) is 5.69 Å². The molecule has 0 radical (unpaired) electrons. The number of aryl methyl sites for hydroxylation is 1. The van der Waals surface area contributed by atoms with Crippen LogP contribution in [0.3, 0.4) is 0 Å². The molecule has 0 saturated heterocycles. The molecule has 8 nitrogen and oxygen atoms in total. The molecule has 3 N–H and O–H groups in total. The lowest BCUT2D eigenvalue weighted by Gasteiger charge is -2.14. The number of carbonyl (C=O) groups is 1. The van der Waals surface area contributed by atoms with E-state index in [1.807, 2.05) is 49.4 Å². The molecule has 0 aliphatic carbocycles. The summed E-state index contributed by atoms with van der Waals surface area (Å²) < 4.78 is 10.8. The number of hydrogen-bond donors (Lipinski definition) is 2. The molecule has 0 bridgehead atoms. The van der Waals surface area contributed by atoms with Crippen molar-refractivity contribution in [2.24, 2.45) is 0 Å². The Morgan fingerprint density at radius 2 is 1.79 bits per heavy atom. The summed E-state index contributed by atoms with van der Waals surface area (Å²) >= 11 is 0. The van der Waals surface area contributed by atoms with E-state index in [0.717, 1.165) is 11.3 Å². The van der Waals surface area contributed by atoms with Crippen molar-refractivity contribution < 1.29 is 14.3 Å². The number of nitrogens with one attached hydrogen (secondary N) is 1. The summed E-state index contributed by atoms with van der Waals surface area (Å²) in [4.78, 5) is 24.4. The third-order valence-electron chi connectivity index (χ3n) is 3.74. The third-order valence-corrected chi connectivity index (χ3v) is 3.74. The van der Waals surface area contributed by atoms with Crippen LogP contribution in [-0.2, 0) is 16.1 Å². The molecular formula is C20H21N5O3. The highest BCUT2D eigenvalue weighted by Crippen LogP contribution is 2.15. The Morgan fingerprint density at radius 1 is 1.07 bits per heavy atom. The summed E-state index contributed by atoms with van der Waals surface area (Å²) in [5, 5.41) is 3.05. The smallest absolute Gasteiger partial charge is 0.347 e. The molecule has 1 aromatic heterocycles. The number of ether oxygens (including phenoxy) is 2. The Bertz CT molecular complexity index is 932. The lowest BCUT2D eigenvalue weighted by molar-refractivity contribution is -0.152. The van der Waals surface area contributed by atoms with Crippen LogP contribution in [0.2, 0.25) is 0 Å². The highest BCUT2D eigenvalue weighted by atomic mass is 16.6. The Morgan fingerprint density at radius 3 is 2.50 bits per heavy atom. The van der Waals surface area contributed by atoms with Gasteiger partial charge in [0.1, 0.15) is 5.75 Å². The molecule has 0 aliphatic rings. The average molecular weight is 379 g/mol. The van der Waals surface area contributed by atoms with E-state index in [9.17, 15) is 4.79 Å². The van der Waals surface area contributed by atoms with Crippen molar-refractivity contribution in [3.8, 4) is 5.75 Å². The summed E-state index contributed by atoms with van der Waals surface area (Å²) in [6.07, 6.45) is -0.772.